The van der Waals surface area contributed by atoms with E-state index in [1.807, 2.05) is 18.2 Å². The van der Waals surface area contributed by atoms with Crippen LogP contribution in [0, 0.1) is 0 Å². The van der Waals surface area contributed by atoms with Crippen LogP contribution in [-0.4, -0.2) is 30.7 Å². The molecule has 3 aliphatic rings. The molecule has 2 aromatic rings. The average molecular weight is 340 g/mol. The second-order valence-corrected chi connectivity index (χ2v) is 6.54. The highest BCUT2D eigenvalue weighted by Crippen LogP contribution is 2.42. The Balaban J connectivity index is 1.70. The summed E-state index contributed by atoms with van der Waals surface area (Å²) in [5.74, 6) is 2.04. The minimum Gasteiger partial charge on any atom is -0.504 e. The zero-order valence-corrected chi connectivity index (χ0v) is 13.7. The fourth-order valence-corrected chi connectivity index (χ4v) is 4.00. The molecule has 0 saturated heterocycles. The number of benzene rings is 2. The Bertz CT molecular complexity index is 921. The van der Waals surface area contributed by atoms with Gasteiger partial charge in [0.15, 0.2) is 23.0 Å². The third kappa shape index (κ3) is 2.04. The molecule has 2 aromatic carbocycles. The lowest BCUT2D eigenvalue weighted by molar-refractivity contribution is -0.846. The summed E-state index contributed by atoms with van der Waals surface area (Å²) in [6.07, 6.45) is 1.52. The van der Waals surface area contributed by atoms with Crippen molar-refractivity contribution >= 4 is 11.8 Å². The topological polar surface area (TPSA) is 72.6 Å². The van der Waals surface area contributed by atoms with Gasteiger partial charge in [-0.15, -0.1) is 0 Å². The fourth-order valence-electron chi connectivity index (χ4n) is 4.00. The van der Waals surface area contributed by atoms with Crippen LogP contribution in [0.15, 0.2) is 24.3 Å². The normalized spacial score (nSPS) is 22.6. The summed E-state index contributed by atoms with van der Waals surface area (Å²) in [4.78, 5) is 1.13. The zero-order chi connectivity index (χ0) is 17.1. The smallest absolute Gasteiger partial charge is 0.231 e. The Morgan fingerprint density at radius 3 is 2.80 bits per heavy atom. The van der Waals surface area contributed by atoms with Crippen LogP contribution >= 0.6 is 0 Å². The average Bonchev–Trinajstić information content (AvgIpc) is 3.07. The molecule has 3 heterocycles. The van der Waals surface area contributed by atoms with Gasteiger partial charge in [-0.05, 0) is 23.8 Å². The van der Waals surface area contributed by atoms with Gasteiger partial charge in [0.2, 0.25) is 6.79 Å². The Morgan fingerprint density at radius 1 is 1.20 bits per heavy atom. The van der Waals surface area contributed by atoms with E-state index in [4.69, 9.17) is 14.2 Å². The summed E-state index contributed by atoms with van der Waals surface area (Å²) in [5.41, 5.74) is 4.94. The maximum atomic E-state index is 10.6. The first-order valence-corrected chi connectivity index (χ1v) is 8.23. The molecule has 3 N–H and O–H groups in total. The second-order valence-electron chi connectivity index (χ2n) is 6.54. The van der Waals surface area contributed by atoms with Gasteiger partial charge in [-0.3, -0.25) is 4.90 Å². The third-order valence-electron chi connectivity index (χ3n) is 5.18. The monoisotopic (exact) mass is 340 g/mol. The van der Waals surface area contributed by atoms with E-state index in [9.17, 15) is 10.2 Å². The number of ether oxygens (including phenoxy) is 3. The lowest BCUT2D eigenvalue weighted by Crippen LogP contribution is -3.09. The number of phenolic OH excluding ortho intramolecular Hbond substituents is 1. The molecule has 25 heavy (non-hydrogen) atoms. The number of rotatable bonds is 1. The predicted molar refractivity (Wildman–Crippen MR) is 89.6 cm³/mol. The number of aliphatic hydroxyl groups is 1. The van der Waals surface area contributed by atoms with Crippen LogP contribution in [0.3, 0.4) is 0 Å². The van der Waals surface area contributed by atoms with E-state index in [-0.39, 0.29) is 12.5 Å². The number of phenols is 1. The maximum absolute atomic E-state index is 10.6. The van der Waals surface area contributed by atoms with E-state index in [0.29, 0.717) is 30.3 Å². The number of hydrogen-bond acceptors (Lipinski definition) is 5. The molecule has 5 rings (SSSR count). The molecule has 6 heteroatoms. The van der Waals surface area contributed by atoms with Crippen molar-refractivity contribution in [2.24, 2.45) is 0 Å². The van der Waals surface area contributed by atoms with Crippen LogP contribution < -0.4 is 19.1 Å². The van der Waals surface area contributed by atoms with E-state index in [1.165, 1.54) is 0 Å². The first-order valence-electron chi connectivity index (χ1n) is 8.23. The number of fused-ring (bicyclic) bond motifs is 5. The summed E-state index contributed by atoms with van der Waals surface area (Å²) in [6, 6.07) is 7.38. The van der Waals surface area contributed by atoms with Gasteiger partial charge in [0.25, 0.3) is 0 Å². The van der Waals surface area contributed by atoms with Crippen molar-refractivity contribution in [2.75, 3.05) is 20.4 Å². The highest BCUT2D eigenvalue weighted by molar-refractivity contribution is 5.83. The van der Waals surface area contributed by atoms with Crippen molar-refractivity contribution in [3.8, 4) is 23.0 Å². The van der Waals surface area contributed by atoms with Crippen LogP contribution in [0.2, 0.25) is 0 Å². The molecule has 0 spiro atoms. The van der Waals surface area contributed by atoms with Crippen LogP contribution in [0.1, 0.15) is 28.4 Å². The minimum atomic E-state index is -0.582. The number of methoxy groups -OCH3 is 1. The van der Waals surface area contributed by atoms with Crippen LogP contribution in [0.4, 0.5) is 0 Å². The summed E-state index contributed by atoms with van der Waals surface area (Å²) >= 11 is 0. The summed E-state index contributed by atoms with van der Waals surface area (Å²) in [6.45, 7) is 1.41. The highest BCUT2D eigenvalue weighted by Gasteiger charge is 2.37. The lowest BCUT2D eigenvalue weighted by Gasteiger charge is -2.34. The van der Waals surface area contributed by atoms with Gasteiger partial charge in [0.05, 0.1) is 12.7 Å². The van der Waals surface area contributed by atoms with Crippen molar-refractivity contribution in [1.29, 1.82) is 0 Å². The molecule has 2 unspecified atom stereocenters. The molecule has 6 nitrogen and oxygen atoms in total. The SMILES string of the molecule is COc1c(O)ccc2c1C[NH+]1CC(O)c3cc4c(cc3C1=C2)OCO4. The molecule has 3 aliphatic heterocycles. The molecule has 0 amide bonds. The van der Waals surface area contributed by atoms with Crippen molar-refractivity contribution in [3.05, 3.63) is 46.5 Å². The van der Waals surface area contributed by atoms with Gasteiger partial charge in [-0.1, -0.05) is 6.07 Å². The fraction of sp³-hybridized carbons (Fsp3) is 0.263. The van der Waals surface area contributed by atoms with Gasteiger partial charge in [0, 0.05) is 17.2 Å². The van der Waals surface area contributed by atoms with Crippen LogP contribution in [-0.2, 0) is 6.54 Å². The third-order valence-corrected chi connectivity index (χ3v) is 5.18. The molecule has 2 atom stereocenters. The summed E-state index contributed by atoms with van der Waals surface area (Å²) in [5, 5.41) is 20.7. The van der Waals surface area contributed by atoms with Crippen LogP contribution in [0.5, 0.6) is 23.0 Å². The molecular weight excluding hydrogens is 322 g/mol. The number of nitrogens with one attached hydrogen (secondary N) is 1. The molecule has 0 saturated carbocycles. The van der Waals surface area contributed by atoms with Gasteiger partial charge < -0.3 is 24.4 Å². The largest absolute Gasteiger partial charge is 0.504 e. The molecule has 0 bridgehead atoms. The Labute approximate surface area is 144 Å². The summed E-state index contributed by atoms with van der Waals surface area (Å²) in [7, 11) is 1.56. The van der Waals surface area contributed by atoms with E-state index in [1.54, 1.807) is 13.2 Å². The molecule has 0 aromatic heterocycles. The predicted octanol–water partition coefficient (Wildman–Crippen LogP) is 1.07. The van der Waals surface area contributed by atoms with E-state index < -0.39 is 6.10 Å². The number of quaternary nitrogens is 1. The molecule has 128 valence electrons. The highest BCUT2D eigenvalue weighted by atomic mass is 16.7. The van der Waals surface area contributed by atoms with Gasteiger partial charge >= 0.3 is 0 Å². The number of aliphatic hydroxyl groups excluding tert-OH is 1. The standard InChI is InChI=1S/C19H17NO5/c1-23-19-13-7-20-8-16(22)12-6-18-17(24-9-25-18)5-11(12)14(20)4-10(13)2-3-15(19)21/h2-6,16,21-22H,7-9H2,1H3/p+1. The van der Waals surface area contributed by atoms with Crippen molar-refractivity contribution in [1.82, 2.24) is 0 Å². The van der Waals surface area contributed by atoms with Crippen molar-refractivity contribution < 1.29 is 29.3 Å². The number of aromatic hydroxyl groups is 1. The quantitative estimate of drug-likeness (QED) is 0.724. The molecule has 0 radical (unpaired) electrons. The van der Waals surface area contributed by atoms with Crippen LogP contribution in [0.25, 0.3) is 11.8 Å². The zero-order valence-electron chi connectivity index (χ0n) is 13.7. The van der Waals surface area contributed by atoms with Gasteiger partial charge in [0.1, 0.15) is 24.9 Å². The Kier molecular flexibility index (Phi) is 3.01. The van der Waals surface area contributed by atoms with Crippen molar-refractivity contribution in [2.45, 2.75) is 12.6 Å². The van der Waals surface area contributed by atoms with E-state index in [0.717, 1.165) is 32.9 Å². The number of hydrogen-bond donors (Lipinski definition) is 3. The summed E-state index contributed by atoms with van der Waals surface area (Å²) < 4.78 is 16.3. The first kappa shape index (κ1) is 14.6. The lowest BCUT2D eigenvalue weighted by atomic mass is 9.89. The minimum absolute atomic E-state index is 0.138. The van der Waals surface area contributed by atoms with E-state index >= 15 is 0 Å². The van der Waals surface area contributed by atoms with Crippen molar-refractivity contribution in [3.63, 3.8) is 0 Å². The second kappa shape index (κ2) is 5.15. The first-order chi connectivity index (χ1) is 12.2. The van der Waals surface area contributed by atoms with E-state index in [2.05, 4.69) is 6.08 Å². The molecule has 0 fully saturated rings. The molecular formula is C19H18NO5+. The van der Waals surface area contributed by atoms with Gasteiger partial charge in [-0.2, -0.15) is 0 Å². The Hall–Kier alpha value is -2.70. The maximum Gasteiger partial charge on any atom is 0.231 e. The Morgan fingerprint density at radius 2 is 2.00 bits per heavy atom. The molecule has 0 aliphatic carbocycles. The van der Waals surface area contributed by atoms with Gasteiger partial charge in [-0.25, -0.2) is 0 Å².